The van der Waals surface area contributed by atoms with Crippen LogP contribution in [-0.2, 0) is 0 Å². The highest BCUT2D eigenvalue weighted by Gasteiger charge is 2.38. The van der Waals surface area contributed by atoms with Gasteiger partial charge in [-0.15, -0.1) is 0 Å². The Bertz CT molecular complexity index is 699. The van der Waals surface area contributed by atoms with Gasteiger partial charge in [0.15, 0.2) is 0 Å². The average molecular weight is 286 g/mol. The monoisotopic (exact) mass is 286 g/mol. The third-order valence-electron chi connectivity index (χ3n) is 3.83. The lowest BCUT2D eigenvalue weighted by Gasteiger charge is -2.27. The van der Waals surface area contributed by atoms with E-state index in [1.165, 1.54) is 0 Å². The van der Waals surface area contributed by atoms with Gasteiger partial charge in [-0.1, -0.05) is 0 Å². The summed E-state index contributed by atoms with van der Waals surface area (Å²) in [4.78, 5) is 29.2. The molecule has 1 aliphatic carbocycles. The van der Waals surface area contributed by atoms with E-state index in [-0.39, 0.29) is 29.1 Å². The summed E-state index contributed by atoms with van der Waals surface area (Å²) in [5.74, 6) is 0.501. The molecule has 2 heterocycles. The molecular weight excluding hydrogens is 268 g/mol. The Morgan fingerprint density at radius 3 is 2.71 bits per heavy atom. The predicted octanol–water partition coefficient (Wildman–Crippen LogP) is 2.64. The summed E-state index contributed by atoms with van der Waals surface area (Å²) >= 11 is 0. The molecule has 110 valence electrons. The van der Waals surface area contributed by atoms with E-state index in [1.54, 1.807) is 36.3 Å². The summed E-state index contributed by atoms with van der Waals surface area (Å²) in [6.45, 7) is 3.72. The number of aromatic amines is 1. The summed E-state index contributed by atoms with van der Waals surface area (Å²) < 4.78 is 5.41. The van der Waals surface area contributed by atoms with Crippen LogP contribution in [0.15, 0.2) is 39.7 Å². The first-order valence-corrected chi connectivity index (χ1v) is 7.14. The minimum atomic E-state index is -0.336. The van der Waals surface area contributed by atoms with Crippen LogP contribution in [0.2, 0.25) is 0 Å². The molecule has 1 amide bonds. The van der Waals surface area contributed by atoms with E-state index in [0.717, 1.165) is 24.3 Å². The zero-order valence-electron chi connectivity index (χ0n) is 12.1. The number of hydrogen-bond acceptors (Lipinski definition) is 3. The Morgan fingerprint density at radius 1 is 1.38 bits per heavy atom. The summed E-state index contributed by atoms with van der Waals surface area (Å²) in [7, 11) is 0. The number of nitrogens with zero attached hydrogens (tertiary/aromatic N) is 1. The second-order valence-electron chi connectivity index (χ2n) is 5.52. The van der Waals surface area contributed by atoms with E-state index in [2.05, 4.69) is 4.98 Å². The number of rotatable bonds is 4. The highest BCUT2D eigenvalue weighted by atomic mass is 16.3. The Kier molecular flexibility index (Phi) is 3.41. The maximum absolute atomic E-state index is 12.8. The van der Waals surface area contributed by atoms with E-state index < -0.39 is 0 Å². The molecule has 1 aliphatic rings. The second-order valence-corrected chi connectivity index (χ2v) is 5.52. The molecule has 1 N–H and O–H groups in total. The lowest BCUT2D eigenvalue weighted by atomic mass is 10.1. The van der Waals surface area contributed by atoms with Gasteiger partial charge in [-0.25, -0.2) is 0 Å². The van der Waals surface area contributed by atoms with Gasteiger partial charge in [-0.2, -0.15) is 0 Å². The molecule has 3 rings (SSSR count). The highest BCUT2D eigenvalue weighted by molar-refractivity contribution is 5.94. The van der Waals surface area contributed by atoms with E-state index >= 15 is 0 Å². The molecule has 0 unspecified atom stereocenters. The summed E-state index contributed by atoms with van der Waals surface area (Å²) in [5.41, 5.74) is 0.594. The van der Waals surface area contributed by atoms with Crippen LogP contribution < -0.4 is 5.56 Å². The molecule has 5 nitrogen and oxygen atoms in total. The molecule has 5 heteroatoms. The van der Waals surface area contributed by atoms with Crippen molar-refractivity contribution in [2.45, 2.75) is 38.8 Å². The average Bonchev–Trinajstić information content (AvgIpc) is 3.11. The lowest BCUT2D eigenvalue weighted by Crippen LogP contribution is -2.38. The van der Waals surface area contributed by atoms with Gasteiger partial charge < -0.3 is 14.3 Å². The van der Waals surface area contributed by atoms with Crippen LogP contribution in [0.25, 0.3) is 0 Å². The topological polar surface area (TPSA) is 66.3 Å². The lowest BCUT2D eigenvalue weighted by molar-refractivity contribution is 0.0651. The third-order valence-corrected chi connectivity index (χ3v) is 3.83. The van der Waals surface area contributed by atoms with Crippen LogP contribution in [0.1, 0.15) is 47.6 Å². The van der Waals surface area contributed by atoms with Gasteiger partial charge in [-0.3, -0.25) is 9.59 Å². The fourth-order valence-electron chi connectivity index (χ4n) is 2.56. The Labute approximate surface area is 122 Å². The van der Waals surface area contributed by atoms with Gasteiger partial charge in [0.1, 0.15) is 11.3 Å². The Morgan fingerprint density at radius 2 is 2.14 bits per heavy atom. The first-order chi connectivity index (χ1) is 10.1. The fourth-order valence-corrected chi connectivity index (χ4v) is 2.56. The molecule has 1 fully saturated rings. The van der Waals surface area contributed by atoms with Gasteiger partial charge in [0.2, 0.25) is 0 Å². The molecular formula is C16H18N2O3. The van der Waals surface area contributed by atoms with Crippen LogP contribution in [0.3, 0.4) is 0 Å². The molecule has 2 aromatic heterocycles. The Balaban J connectivity index is 1.94. The summed E-state index contributed by atoms with van der Waals surface area (Å²) in [6.07, 6.45) is 3.54. The first-order valence-electron chi connectivity index (χ1n) is 7.14. The van der Waals surface area contributed by atoms with Crippen LogP contribution in [0.5, 0.6) is 0 Å². The van der Waals surface area contributed by atoms with Crippen LogP contribution in [-0.4, -0.2) is 21.8 Å². The quantitative estimate of drug-likeness (QED) is 0.939. The zero-order valence-corrected chi connectivity index (χ0v) is 12.1. The molecule has 21 heavy (non-hydrogen) atoms. The number of aryl methyl sites for hydroxylation is 1. The normalized spacial score (nSPS) is 15.7. The number of aromatic nitrogens is 1. The van der Waals surface area contributed by atoms with Crippen molar-refractivity contribution in [2.24, 2.45) is 0 Å². The number of carbonyl (C=O) groups excluding carboxylic acids is 1. The first kappa shape index (κ1) is 13.7. The number of H-pyrrole nitrogens is 1. The van der Waals surface area contributed by atoms with Crippen LogP contribution >= 0.6 is 0 Å². The van der Waals surface area contributed by atoms with E-state index in [4.69, 9.17) is 4.42 Å². The van der Waals surface area contributed by atoms with Gasteiger partial charge in [0, 0.05) is 11.7 Å². The number of furan rings is 1. The van der Waals surface area contributed by atoms with Crippen molar-refractivity contribution < 1.29 is 9.21 Å². The minimum absolute atomic E-state index is 0.180. The maximum atomic E-state index is 12.8. The molecule has 0 saturated heterocycles. The van der Waals surface area contributed by atoms with E-state index in [1.807, 2.05) is 13.0 Å². The largest absolute Gasteiger partial charge is 0.467 e. The number of hydrogen-bond donors (Lipinski definition) is 1. The van der Waals surface area contributed by atoms with Crippen molar-refractivity contribution in [3.8, 4) is 0 Å². The van der Waals surface area contributed by atoms with Gasteiger partial charge in [0.05, 0.1) is 12.3 Å². The zero-order chi connectivity index (χ0) is 15.0. The summed E-state index contributed by atoms with van der Waals surface area (Å²) in [5, 5.41) is 0. The van der Waals surface area contributed by atoms with Gasteiger partial charge in [-0.05, 0) is 51.0 Å². The summed E-state index contributed by atoms with van der Waals surface area (Å²) in [6, 6.07) is 7.02. The van der Waals surface area contributed by atoms with Gasteiger partial charge >= 0.3 is 0 Å². The molecule has 0 bridgehead atoms. The van der Waals surface area contributed by atoms with Crippen molar-refractivity contribution >= 4 is 5.91 Å². The van der Waals surface area contributed by atoms with Crippen LogP contribution in [0, 0.1) is 6.92 Å². The van der Waals surface area contributed by atoms with Crippen molar-refractivity contribution in [2.75, 3.05) is 0 Å². The highest BCUT2D eigenvalue weighted by Crippen LogP contribution is 2.35. The third kappa shape index (κ3) is 2.63. The smallest absolute Gasteiger partial charge is 0.260 e. The number of carbonyl (C=O) groups is 1. The van der Waals surface area contributed by atoms with Crippen molar-refractivity contribution in [3.63, 3.8) is 0 Å². The fraction of sp³-hybridized carbons (Fsp3) is 0.375. The molecule has 0 aromatic carbocycles. The van der Waals surface area contributed by atoms with E-state index in [9.17, 15) is 9.59 Å². The molecule has 0 radical (unpaired) electrons. The maximum Gasteiger partial charge on any atom is 0.260 e. The molecule has 0 spiro atoms. The van der Waals surface area contributed by atoms with Crippen LogP contribution in [0.4, 0.5) is 0 Å². The molecule has 1 atom stereocenters. The standard InChI is InChI=1S/C16H18N2O3/c1-10-5-8-13(15(19)17-10)16(20)18(12-6-7-12)11(2)14-4-3-9-21-14/h3-5,8-9,11-12H,6-7H2,1-2H3,(H,17,19)/t11-/m0/s1. The molecule has 1 saturated carbocycles. The SMILES string of the molecule is Cc1ccc(C(=O)N(C2CC2)[C@@H](C)c2ccco2)c(=O)[nH]1. The minimum Gasteiger partial charge on any atom is -0.467 e. The Hall–Kier alpha value is -2.30. The number of nitrogens with one attached hydrogen (secondary N) is 1. The second kappa shape index (κ2) is 5.24. The van der Waals surface area contributed by atoms with Gasteiger partial charge in [0.25, 0.3) is 11.5 Å². The molecule has 2 aromatic rings. The number of pyridine rings is 1. The molecule has 0 aliphatic heterocycles. The van der Waals surface area contributed by atoms with Crippen molar-refractivity contribution in [3.05, 3.63) is 57.9 Å². The van der Waals surface area contributed by atoms with Crippen molar-refractivity contribution in [1.29, 1.82) is 0 Å². The number of amides is 1. The van der Waals surface area contributed by atoms with E-state index in [0.29, 0.717) is 0 Å². The predicted molar refractivity (Wildman–Crippen MR) is 78.1 cm³/mol. The van der Waals surface area contributed by atoms with Crippen molar-refractivity contribution in [1.82, 2.24) is 9.88 Å².